The van der Waals surface area contributed by atoms with Gasteiger partial charge in [-0.1, -0.05) is 0 Å². The summed E-state index contributed by atoms with van der Waals surface area (Å²) < 4.78 is 8.79. The first-order chi connectivity index (χ1) is 38.2. The van der Waals surface area contributed by atoms with E-state index >= 15 is 0 Å². The van der Waals surface area contributed by atoms with Crippen molar-refractivity contribution in [2.24, 2.45) is 0 Å². The van der Waals surface area contributed by atoms with E-state index in [2.05, 4.69) is 261 Å². The number of furan rings is 1. The molecule has 0 radical (unpaired) electrons. The molecule has 10 heterocycles. The summed E-state index contributed by atoms with van der Waals surface area (Å²) in [4.78, 5) is 12.7. The Labute approximate surface area is 456 Å². The van der Waals surface area contributed by atoms with Crippen LogP contribution in [0.1, 0.15) is 22.3 Å². The molecule has 10 aromatic carbocycles. The Morgan fingerprint density at radius 1 is 0.286 bits per heavy atom. The van der Waals surface area contributed by atoms with Crippen molar-refractivity contribution >= 4 is 71.0 Å². The summed E-state index contributed by atoms with van der Waals surface area (Å²) >= 11 is -1.23. The predicted molar refractivity (Wildman–Crippen MR) is 314 cm³/mol. The fraction of sp³-hybridized carbons (Fsp3) is 0.0571. The summed E-state index contributed by atoms with van der Waals surface area (Å²) in [6.45, 7) is 0. The molecule has 0 spiro atoms. The average Bonchev–Trinajstić information content (AvgIpc) is 4.40. The van der Waals surface area contributed by atoms with Gasteiger partial charge in [-0.05, 0) is 0 Å². The first-order valence-corrected chi connectivity index (χ1v) is 28.8. The number of anilines is 11. The standard InChI is InChI=1S/C70H49N5O.Pt/c1-3-20-66-64(18-1)71-46-73(66)69-60-14-7-15-61(69)53-37-29-49(30-38-53)24-26-51-33-41-55(42-34-51)63-17-8-16-62(54-39-31-50(32-40-54)25-23-48-27-35-52(60)36-28-48)70(63)74-47-72(65-19-2-4-21-67(65)74)57-11-6-13-59(45-57)75(68-22-9-43-76-68)58-12-5-10-56(71)44-58;/h1-22,27-45H,23-26H2;. The van der Waals surface area contributed by atoms with E-state index in [1.54, 1.807) is 6.26 Å². The van der Waals surface area contributed by atoms with Gasteiger partial charge in [0, 0.05) is 0 Å². The zero-order valence-corrected chi connectivity index (χ0v) is 44.2. The maximum absolute atomic E-state index is 6.36. The van der Waals surface area contributed by atoms with Crippen molar-refractivity contribution in [2.75, 3.05) is 24.5 Å². The van der Waals surface area contributed by atoms with Crippen molar-refractivity contribution in [3.05, 3.63) is 271 Å². The predicted octanol–water partition coefficient (Wildman–Crippen LogP) is 17.5. The Morgan fingerprint density at radius 3 is 0.948 bits per heavy atom. The number of benzene rings is 10. The molecule has 16 bridgehead atoms. The molecule has 0 amide bonds. The number of hydrogen-bond acceptors (Lipinski definition) is 6. The molecule has 9 aliphatic rings. The van der Waals surface area contributed by atoms with Crippen LogP contribution in [0.4, 0.5) is 62.8 Å². The van der Waals surface area contributed by atoms with Gasteiger partial charge in [0.2, 0.25) is 0 Å². The molecule has 0 atom stereocenters. The SMILES string of the molecule is c1cc2cc(c1)N(c1ccco1)c1cccc(c1)N1[C]3=[Pt]=[C]4N2c2ccccc2N4c2c4cccc2-c2ccc(cc2)CCc2ccc(cc2)-c2cccc(c2N3c2ccccc21)-c1ccc(cc1)CCc1ccc-4cc1. The van der Waals surface area contributed by atoms with Crippen LogP contribution in [0.5, 0.6) is 0 Å². The molecule has 9 aliphatic heterocycles. The van der Waals surface area contributed by atoms with Crippen molar-refractivity contribution in [1.29, 1.82) is 0 Å². The van der Waals surface area contributed by atoms with E-state index in [0.29, 0.717) is 0 Å². The summed E-state index contributed by atoms with van der Waals surface area (Å²) in [6, 6.07) is 91.8. The van der Waals surface area contributed by atoms with Gasteiger partial charge >= 0.3 is 459 Å². The van der Waals surface area contributed by atoms with Gasteiger partial charge < -0.3 is 0 Å². The summed E-state index contributed by atoms with van der Waals surface area (Å²) in [5.41, 5.74) is 25.8. The van der Waals surface area contributed by atoms with Gasteiger partial charge in [-0.3, -0.25) is 0 Å². The number of para-hydroxylation sites is 6. The minimum absolute atomic E-state index is 0.739. The Hall–Kier alpha value is -9.09. The van der Waals surface area contributed by atoms with Crippen LogP contribution in [0.2, 0.25) is 0 Å². The van der Waals surface area contributed by atoms with Crippen LogP contribution in [0, 0.1) is 0 Å². The summed E-state index contributed by atoms with van der Waals surface area (Å²) in [5.74, 6) is 0.739. The van der Waals surface area contributed by atoms with E-state index in [1.807, 2.05) is 6.07 Å². The first-order valence-electron chi connectivity index (χ1n) is 26.6. The number of rotatable bonds is 1. The third-order valence-corrected chi connectivity index (χ3v) is 19.0. The van der Waals surface area contributed by atoms with Crippen LogP contribution in [0.15, 0.2) is 253 Å². The molecule has 11 aromatic rings. The Bertz CT molecular complexity index is 3830. The molecule has 20 rings (SSSR count). The quantitative estimate of drug-likeness (QED) is 0.163. The zero-order chi connectivity index (χ0) is 50.6. The number of fused-ring (bicyclic) bond motifs is 14. The molecule has 0 aliphatic carbocycles. The maximum atomic E-state index is 6.36. The van der Waals surface area contributed by atoms with Crippen LogP contribution in [-0.2, 0) is 43.3 Å². The van der Waals surface area contributed by atoms with E-state index in [9.17, 15) is 0 Å². The van der Waals surface area contributed by atoms with Gasteiger partial charge in [-0.15, -0.1) is 0 Å². The van der Waals surface area contributed by atoms with Crippen LogP contribution in [0.25, 0.3) is 44.5 Å². The first kappa shape index (κ1) is 44.2. The second-order valence-electron chi connectivity index (χ2n) is 20.4. The molecule has 370 valence electrons. The van der Waals surface area contributed by atoms with Crippen molar-refractivity contribution in [3.8, 4) is 44.5 Å². The molecule has 0 N–H and O–H groups in total. The molecule has 0 saturated heterocycles. The molecule has 0 fully saturated rings. The average molecular weight is 1170 g/mol. The van der Waals surface area contributed by atoms with E-state index in [4.69, 9.17) is 4.42 Å². The van der Waals surface area contributed by atoms with Crippen LogP contribution < -0.4 is 24.5 Å². The van der Waals surface area contributed by atoms with E-state index in [1.165, 1.54) is 86.4 Å². The van der Waals surface area contributed by atoms with Gasteiger partial charge in [0.15, 0.2) is 0 Å². The van der Waals surface area contributed by atoms with E-state index in [0.717, 1.165) is 77.1 Å². The van der Waals surface area contributed by atoms with Crippen LogP contribution >= 0.6 is 0 Å². The van der Waals surface area contributed by atoms with Gasteiger partial charge in [-0.2, -0.15) is 0 Å². The van der Waals surface area contributed by atoms with Crippen molar-refractivity contribution < 1.29 is 22.1 Å². The number of hydrogen-bond donors (Lipinski definition) is 0. The molecular formula is C70H49N5OPt. The molecular weight excluding hydrogens is 1120 g/mol. The molecule has 7 heteroatoms. The summed E-state index contributed by atoms with van der Waals surface area (Å²) in [6.07, 6.45) is 5.56. The van der Waals surface area contributed by atoms with Crippen molar-refractivity contribution in [3.63, 3.8) is 0 Å². The van der Waals surface area contributed by atoms with Crippen molar-refractivity contribution in [2.45, 2.75) is 25.7 Å². The Morgan fingerprint density at radius 2 is 0.610 bits per heavy atom. The van der Waals surface area contributed by atoms with Crippen LogP contribution in [-0.4, -0.2) is 8.29 Å². The van der Waals surface area contributed by atoms with Gasteiger partial charge in [0.05, 0.1) is 0 Å². The third kappa shape index (κ3) is 7.20. The third-order valence-electron chi connectivity index (χ3n) is 16.0. The van der Waals surface area contributed by atoms with E-state index < -0.39 is 17.6 Å². The zero-order valence-electron chi connectivity index (χ0n) is 42.0. The second-order valence-corrected chi connectivity index (χ2v) is 23.0. The molecule has 6 nitrogen and oxygen atoms in total. The Balaban J connectivity index is 1.12. The van der Waals surface area contributed by atoms with E-state index in [-0.39, 0.29) is 0 Å². The number of aryl methyl sites for hydroxylation is 4. The summed E-state index contributed by atoms with van der Waals surface area (Å²) in [7, 11) is 0. The molecule has 0 saturated carbocycles. The Kier molecular flexibility index (Phi) is 10.2. The fourth-order valence-electron chi connectivity index (χ4n) is 12.2. The van der Waals surface area contributed by atoms with Crippen LogP contribution in [0.3, 0.4) is 0 Å². The second kappa shape index (κ2) is 17.8. The molecule has 77 heavy (non-hydrogen) atoms. The fourth-order valence-corrected chi connectivity index (χ4v) is 15.8. The van der Waals surface area contributed by atoms with Gasteiger partial charge in [0.1, 0.15) is 0 Å². The monoisotopic (exact) mass is 1170 g/mol. The van der Waals surface area contributed by atoms with Crippen molar-refractivity contribution in [1.82, 2.24) is 0 Å². The molecule has 0 unspecified atom stereocenters. The minimum atomic E-state index is -1.23. The molecule has 1 aromatic heterocycles. The van der Waals surface area contributed by atoms with Gasteiger partial charge in [0.25, 0.3) is 0 Å². The topological polar surface area (TPSA) is 29.3 Å². The number of nitrogens with zero attached hydrogens (tertiary/aromatic N) is 5. The van der Waals surface area contributed by atoms with Gasteiger partial charge in [-0.25, -0.2) is 0 Å². The summed E-state index contributed by atoms with van der Waals surface area (Å²) in [5, 5.41) is 0. The normalized spacial score (nSPS) is 14.7.